The molecule has 0 saturated carbocycles. The van der Waals surface area contributed by atoms with Crippen molar-refractivity contribution >= 4 is 18.6 Å². The van der Waals surface area contributed by atoms with Crippen LogP contribution in [0.25, 0.3) is 5.69 Å². The van der Waals surface area contributed by atoms with Gasteiger partial charge in [0.05, 0.1) is 12.8 Å². The van der Waals surface area contributed by atoms with E-state index in [1.54, 1.807) is 0 Å². The third-order valence-corrected chi connectivity index (χ3v) is 2.99. The van der Waals surface area contributed by atoms with Gasteiger partial charge in [0, 0.05) is 11.1 Å². The average Bonchev–Trinajstić information content (AvgIpc) is 2.40. The molecule has 8 heteroatoms. The van der Waals surface area contributed by atoms with Crippen LogP contribution in [0.1, 0.15) is 10.4 Å². The molecule has 0 saturated heterocycles. The van der Waals surface area contributed by atoms with E-state index in [0.717, 1.165) is 6.20 Å². The maximum atomic E-state index is 12.0. The van der Waals surface area contributed by atoms with E-state index in [0.29, 0.717) is 15.2 Å². The Morgan fingerprint density at radius 1 is 1.40 bits per heavy atom. The van der Waals surface area contributed by atoms with Gasteiger partial charge in [-0.25, -0.2) is 14.2 Å². The summed E-state index contributed by atoms with van der Waals surface area (Å²) in [6.45, 7) is 0. The van der Waals surface area contributed by atoms with Gasteiger partial charge in [-0.05, 0) is 18.2 Å². The van der Waals surface area contributed by atoms with Crippen LogP contribution in [0.3, 0.4) is 0 Å². The molecule has 0 bridgehead atoms. The first kappa shape index (κ1) is 13.9. The Morgan fingerprint density at radius 2 is 2.10 bits per heavy atom. The number of aromatic amines is 1. The SMILES string of the molecule is COc1ccc(-n2c(=O)[nH]cc(C(=O)O)c2=O)c(S)c1. The van der Waals surface area contributed by atoms with Crippen LogP contribution in [0.4, 0.5) is 0 Å². The first-order valence-corrected chi connectivity index (χ1v) is 5.86. The van der Waals surface area contributed by atoms with Gasteiger partial charge in [0.15, 0.2) is 0 Å². The van der Waals surface area contributed by atoms with Gasteiger partial charge in [0.2, 0.25) is 0 Å². The molecule has 0 amide bonds. The second-order valence-corrected chi connectivity index (χ2v) is 4.29. The molecular formula is C12H10N2O5S. The second kappa shape index (κ2) is 5.25. The maximum absolute atomic E-state index is 12.0. The summed E-state index contributed by atoms with van der Waals surface area (Å²) in [4.78, 5) is 37.2. The lowest BCUT2D eigenvalue weighted by molar-refractivity contribution is 0.0694. The molecule has 2 rings (SSSR count). The minimum absolute atomic E-state index is 0.170. The van der Waals surface area contributed by atoms with Crippen molar-refractivity contribution in [2.75, 3.05) is 7.11 Å². The van der Waals surface area contributed by atoms with Crippen molar-refractivity contribution in [3.8, 4) is 11.4 Å². The number of aromatic nitrogens is 2. The van der Waals surface area contributed by atoms with Crippen LogP contribution in [-0.4, -0.2) is 27.7 Å². The van der Waals surface area contributed by atoms with Gasteiger partial charge in [-0.2, -0.15) is 0 Å². The highest BCUT2D eigenvalue weighted by Crippen LogP contribution is 2.22. The van der Waals surface area contributed by atoms with E-state index in [1.165, 1.54) is 25.3 Å². The van der Waals surface area contributed by atoms with E-state index < -0.39 is 22.8 Å². The summed E-state index contributed by atoms with van der Waals surface area (Å²) in [5.41, 5.74) is -2.04. The van der Waals surface area contributed by atoms with Crippen LogP contribution in [0, 0.1) is 0 Å². The van der Waals surface area contributed by atoms with Crippen molar-refractivity contribution < 1.29 is 14.6 Å². The monoisotopic (exact) mass is 294 g/mol. The van der Waals surface area contributed by atoms with E-state index in [9.17, 15) is 14.4 Å². The quantitative estimate of drug-likeness (QED) is 0.716. The maximum Gasteiger partial charge on any atom is 0.342 e. The van der Waals surface area contributed by atoms with Crippen LogP contribution in [0.2, 0.25) is 0 Å². The minimum atomic E-state index is -1.42. The van der Waals surface area contributed by atoms with Crippen molar-refractivity contribution in [1.29, 1.82) is 0 Å². The molecule has 20 heavy (non-hydrogen) atoms. The Bertz CT molecular complexity index is 793. The van der Waals surface area contributed by atoms with Gasteiger partial charge in [0.1, 0.15) is 11.3 Å². The molecular weight excluding hydrogens is 284 g/mol. The number of methoxy groups -OCH3 is 1. The van der Waals surface area contributed by atoms with Gasteiger partial charge in [-0.3, -0.25) is 4.79 Å². The molecule has 0 radical (unpaired) electrons. The van der Waals surface area contributed by atoms with Gasteiger partial charge in [0.25, 0.3) is 5.56 Å². The molecule has 1 aromatic carbocycles. The van der Waals surface area contributed by atoms with Gasteiger partial charge in [-0.15, -0.1) is 12.6 Å². The number of nitrogens with one attached hydrogen (secondary N) is 1. The number of thiol groups is 1. The number of carbonyl (C=O) groups is 1. The van der Waals surface area contributed by atoms with Crippen LogP contribution < -0.4 is 16.0 Å². The zero-order valence-corrected chi connectivity index (χ0v) is 11.2. The van der Waals surface area contributed by atoms with E-state index in [4.69, 9.17) is 9.84 Å². The zero-order valence-electron chi connectivity index (χ0n) is 10.3. The zero-order chi connectivity index (χ0) is 14.9. The summed E-state index contributed by atoms with van der Waals surface area (Å²) in [6, 6.07) is 4.50. The smallest absolute Gasteiger partial charge is 0.342 e. The summed E-state index contributed by atoms with van der Waals surface area (Å²) >= 11 is 4.17. The fourth-order valence-corrected chi connectivity index (χ4v) is 1.97. The number of ether oxygens (including phenoxy) is 1. The lowest BCUT2D eigenvalue weighted by Crippen LogP contribution is -2.37. The summed E-state index contributed by atoms with van der Waals surface area (Å²) in [7, 11) is 1.46. The summed E-state index contributed by atoms with van der Waals surface area (Å²) in [6.07, 6.45) is 0.866. The number of hydrogen-bond donors (Lipinski definition) is 3. The number of aromatic carboxylic acids is 1. The molecule has 7 nitrogen and oxygen atoms in total. The van der Waals surface area contributed by atoms with Crippen LogP contribution in [0.5, 0.6) is 5.75 Å². The Kier molecular flexibility index (Phi) is 3.66. The third-order valence-electron chi connectivity index (χ3n) is 2.63. The summed E-state index contributed by atoms with van der Waals surface area (Å²) in [5.74, 6) is -0.924. The predicted molar refractivity (Wildman–Crippen MR) is 73.4 cm³/mol. The molecule has 0 fully saturated rings. The van der Waals surface area contributed by atoms with Gasteiger partial charge >= 0.3 is 11.7 Å². The fourth-order valence-electron chi connectivity index (χ4n) is 1.66. The van der Waals surface area contributed by atoms with Crippen molar-refractivity contribution in [3.05, 3.63) is 50.8 Å². The molecule has 0 unspecified atom stereocenters. The van der Waals surface area contributed by atoms with E-state index in [-0.39, 0.29) is 5.69 Å². The number of carboxylic acids is 1. The Morgan fingerprint density at radius 3 is 2.65 bits per heavy atom. The van der Waals surface area contributed by atoms with Crippen LogP contribution >= 0.6 is 12.6 Å². The van der Waals surface area contributed by atoms with E-state index >= 15 is 0 Å². The first-order valence-electron chi connectivity index (χ1n) is 5.41. The molecule has 0 spiro atoms. The number of benzene rings is 1. The first-order chi connectivity index (χ1) is 9.45. The van der Waals surface area contributed by atoms with E-state index in [1.807, 2.05) is 0 Å². The molecule has 0 aliphatic carbocycles. The van der Waals surface area contributed by atoms with E-state index in [2.05, 4.69) is 17.6 Å². The minimum Gasteiger partial charge on any atom is -0.497 e. The van der Waals surface area contributed by atoms with Crippen molar-refractivity contribution in [3.63, 3.8) is 0 Å². The standard InChI is InChI=1S/C12H10N2O5S/c1-19-6-2-3-8(9(20)4-6)14-10(15)7(11(16)17)5-13-12(14)18/h2-5,20H,1H3,(H,13,18)(H,16,17). The average molecular weight is 294 g/mol. The van der Waals surface area contributed by atoms with Crippen LogP contribution in [0.15, 0.2) is 38.9 Å². The van der Waals surface area contributed by atoms with Gasteiger partial charge < -0.3 is 14.8 Å². The number of H-pyrrole nitrogens is 1. The summed E-state index contributed by atoms with van der Waals surface area (Å²) in [5, 5.41) is 8.90. The number of nitrogens with zero attached hydrogens (tertiary/aromatic N) is 1. The number of carboxylic acid groups (broad SMARTS) is 1. The molecule has 2 N–H and O–H groups in total. The van der Waals surface area contributed by atoms with Gasteiger partial charge in [-0.1, -0.05) is 0 Å². The molecule has 0 aliphatic rings. The van der Waals surface area contributed by atoms with Crippen molar-refractivity contribution in [2.45, 2.75) is 4.90 Å². The Balaban J connectivity index is 2.76. The third kappa shape index (κ3) is 2.32. The molecule has 1 heterocycles. The summed E-state index contributed by atoms with van der Waals surface area (Å²) < 4.78 is 5.71. The molecule has 2 aromatic rings. The molecule has 104 valence electrons. The highest BCUT2D eigenvalue weighted by molar-refractivity contribution is 7.80. The van der Waals surface area contributed by atoms with Crippen LogP contribution in [-0.2, 0) is 0 Å². The van der Waals surface area contributed by atoms with Crippen molar-refractivity contribution in [1.82, 2.24) is 9.55 Å². The normalized spacial score (nSPS) is 10.3. The second-order valence-electron chi connectivity index (χ2n) is 3.81. The topological polar surface area (TPSA) is 101 Å². The predicted octanol–water partition coefficient (Wildman–Crippen LogP) is 0.521. The highest BCUT2D eigenvalue weighted by Gasteiger charge is 2.16. The lowest BCUT2D eigenvalue weighted by atomic mass is 10.2. The molecule has 0 atom stereocenters. The number of rotatable bonds is 3. The largest absolute Gasteiger partial charge is 0.497 e. The van der Waals surface area contributed by atoms with Crippen molar-refractivity contribution in [2.24, 2.45) is 0 Å². The fraction of sp³-hybridized carbons (Fsp3) is 0.0833. The Labute approximate surface area is 117 Å². The molecule has 1 aromatic heterocycles. The molecule has 0 aliphatic heterocycles. The Hall–Kier alpha value is -2.48. The highest BCUT2D eigenvalue weighted by atomic mass is 32.1. The lowest BCUT2D eigenvalue weighted by Gasteiger charge is -2.09. The number of hydrogen-bond acceptors (Lipinski definition) is 5.